The molecule has 170 valence electrons. The van der Waals surface area contributed by atoms with Gasteiger partial charge in [0.25, 0.3) is 5.91 Å². The van der Waals surface area contributed by atoms with Crippen LogP contribution in [0.25, 0.3) is 0 Å². The van der Waals surface area contributed by atoms with E-state index in [9.17, 15) is 23.6 Å². The summed E-state index contributed by atoms with van der Waals surface area (Å²) in [6.45, 7) is 2.08. The van der Waals surface area contributed by atoms with E-state index in [0.29, 0.717) is 50.3 Å². The number of carbonyl (C=O) groups excluding carboxylic acids is 4. The molecular weight excluding hydrogens is 417 g/mol. The lowest BCUT2D eigenvalue weighted by Crippen LogP contribution is -2.62. The van der Waals surface area contributed by atoms with Crippen molar-refractivity contribution in [3.63, 3.8) is 0 Å². The van der Waals surface area contributed by atoms with Gasteiger partial charge in [0.1, 0.15) is 11.9 Å². The van der Waals surface area contributed by atoms with Crippen LogP contribution >= 0.6 is 0 Å². The van der Waals surface area contributed by atoms with Gasteiger partial charge in [-0.3, -0.25) is 24.5 Å². The third kappa shape index (κ3) is 3.33. The third-order valence-electron chi connectivity index (χ3n) is 7.17. The van der Waals surface area contributed by atoms with Crippen LogP contribution in [0.4, 0.5) is 10.1 Å². The summed E-state index contributed by atoms with van der Waals surface area (Å²) >= 11 is 0. The number of nitrogens with zero attached hydrogens (tertiary/aromatic N) is 3. The molecule has 0 bridgehead atoms. The Bertz CT molecular complexity index is 1020. The van der Waals surface area contributed by atoms with Crippen LogP contribution in [0.15, 0.2) is 12.1 Å². The number of hydrogen-bond donors (Lipinski definition) is 2. The van der Waals surface area contributed by atoms with Gasteiger partial charge in [-0.25, -0.2) is 4.39 Å². The number of hydrogen-bond acceptors (Lipinski definition) is 6. The van der Waals surface area contributed by atoms with Gasteiger partial charge in [0.15, 0.2) is 0 Å². The van der Waals surface area contributed by atoms with Crippen molar-refractivity contribution in [3.05, 3.63) is 29.1 Å². The molecule has 10 heteroatoms. The number of fused-ring (bicyclic) bond motifs is 1. The van der Waals surface area contributed by atoms with Gasteiger partial charge in [0.2, 0.25) is 17.7 Å². The van der Waals surface area contributed by atoms with Crippen molar-refractivity contribution >= 4 is 29.3 Å². The SMILES string of the molecule is NC1(C(=O)N2CCN(c3cc4c(cc3F)C(=O)N(C3CCC(=O)NC3=O)C4)CC2)CCC1. The predicted molar refractivity (Wildman–Crippen MR) is 112 cm³/mol. The van der Waals surface area contributed by atoms with E-state index in [1.54, 1.807) is 11.0 Å². The van der Waals surface area contributed by atoms with Crippen molar-refractivity contribution in [1.29, 1.82) is 0 Å². The molecular formula is C22H26FN5O4. The molecule has 3 aliphatic heterocycles. The third-order valence-corrected chi connectivity index (χ3v) is 7.17. The Morgan fingerprint density at radius 3 is 2.47 bits per heavy atom. The van der Waals surface area contributed by atoms with Gasteiger partial charge in [0.05, 0.1) is 11.2 Å². The van der Waals surface area contributed by atoms with Crippen LogP contribution in [0.2, 0.25) is 0 Å². The van der Waals surface area contributed by atoms with Crippen molar-refractivity contribution in [2.75, 3.05) is 31.1 Å². The monoisotopic (exact) mass is 443 g/mol. The van der Waals surface area contributed by atoms with Gasteiger partial charge >= 0.3 is 0 Å². The van der Waals surface area contributed by atoms with Crippen molar-refractivity contribution in [2.45, 2.75) is 50.2 Å². The number of halogens is 1. The maximum atomic E-state index is 15.0. The molecule has 32 heavy (non-hydrogen) atoms. The Morgan fingerprint density at radius 2 is 1.84 bits per heavy atom. The fourth-order valence-corrected chi connectivity index (χ4v) is 5.06. The molecule has 0 radical (unpaired) electrons. The first-order chi connectivity index (χ1) is 15.3. The Balaban J connectivity index is 1.29. The summed E-state index contributed by atoms with van der Waals surface area (Å²) in [5.41, 5.74) is 6.73. The number of nitrogens with one attached hydrogen (secondary N) is 1. The van der Waals surface area contributed by atoms with E-state index in [0.717, 1.165) is 6.42 Å². The normalized spacial score (nSPS) is 24.9. The zero-order chi connectivity index (χ0) is 22.6. The highest BCUT2D eigenvalue weighted by Crippen LogP contribution is 2.34. The highest BCUT2D eigenvalue weighted by Gasteiger charge is 2.44. The van der Waals surface area contributed by atoms with E-state index in [1.165, 1.54) is 11.0 Å². The van der Waals surface area contributed by atoms with Crippen LogP contribution in [0.3, 0.4) is 0 Å². The number of imide groups is 1. The molecule has 4 aliphatic rings. The molecule has 1 unspecified atom stereocenters. The molecule has 3 heterocycles. The topological polar surface area (TPSA) is 116 Å². The van der Waals surface area contributed by atoms with Gasteiger partial charge < -0.3 is 20.4 Å². The molecule has 0 spiro atoms. The average Bonchev–Trinajstić information content (AvgIpc) is 3.06. The van der Waals surface area contributed by atoms with Gasteiger partial charge in [0, 0.05) is 44.7 Å². The van der Waals surface area contributed by atoms with Gasteiger partial charge in [-0.15, -0.1) is 0 Å². The summed E-state index contributed by atoms with van der Waals surface area (Å²) in [6.07, 6.45) is 2.82. The first-order valence-electron chi connectivity index (χ1n) is 11.1. The lowest BCUT2D eigenvalue weighted by molar-refractivity contribution is -0.140. The van der Waals surface area contributed by atoms with Crippen LogP contribution in [-0.2, 0) is 20.9 Å². The molecule has 1 aromatic carbocycles. The van der Waals surface area contributed by atoms with E-state index >= 15 is 0 Å². The van der Waals surface area contributed by atoms with E-state index in [4.69, 9.17) is 5.73 Å². The van der Waals surface area contributed by atoms with Gasteiger partial charge in [-0.05, 0) is 43.4 Å². The second kappa shape index (κ2) is 7.54. The number of piperazine rings is 1. The maximum absolute atomic E-state index is 15.0. The molecule has 5 rings (SSSR count). The number of nitrogens with two attached hydrogens (primary N) is 1. The zero-order valence-corrected chi connectivity index (χ0v) is 17.7. The second-order valence-corrected chi connectivity index (χ2v) is 9.15. The molecule has 0 aromatic heterocycles. The Labute approximate surface area is 184 Å². The first-order valence-corrected chi connectivity index (χ1v) is 11.1. The summed E-state index contributed by atoms with van der Waals surface area (Å²) in [4.78, 5) is 54.1. The second-order valence-electron chi connectivity index (χ2n) is 9.15. The van der Waals surface area contributed by atoms with Crippen LogP contribution < -0.4 is 16.0 Å². The maximum Gasteiger partial charge on any atom is 0.255 e. The lowest BCUT2D eigenvalue weighted by atomic mass is 9.76. The highest BCUT2D eigenvalue weighted by atomic mass is 19.1. The summed E-state index contributed by atoms with van der Waals surface area (Å²) in [7, 11) is 0. The van der Waals surface area contributed by atoms with Crippen LogP contribution in [0, 0.1) is 5.82 Å². The molecule has 3 fully saturated rings. The summed E-state index contributed by atoms with van der Waals surface area (Å²) in [5, 5.41) is 2.26. The minimum atomic E-state index is -0.735. The number of amides is 4. The number of carbonyl (C=O) groups is 4. The molecule has 1 saturated carbocycles. The zero-order valence-electron chi connectivity index (χ0n) is 17.7. The van der Waals surface area contributed by atoms with E-state index < -0.39 is 29.2 Å². The quantitative estimate of drug-likeness (QED) is 0.641. The average molecular weight is 443 g/mol. The Kier molecular flexibility index (Phi) is 4.92. The largest absolute Gasteiger partial charge is 0.366 e. The molecule has 4 amide bonds. The van der Waals surface area contributed by atoms with Crippen molar-refractivity contribution in [1.82, 2.24) is 15.1 Å². The van der Waals surface area contributed by atoms with Crippen LogP contribution in [-0.4, -0.2) is 71.2 Å². The first kappa shape index (κ1) is 20.9. The van der Waals surface area contributed by atoms with Gasteiger partial charge in [-0.2, -0.15) is 0 Å². The number of rotatable bonds is 3. The molecule has 2 saturated heterocycles. The number of benzene rings is 1. The van der Waals surface area contributed by atoms with E-state index in [1.807, 2.05) is 4.90 Å². The molecule has 1 aliphatic carbocycles. The molecule has 9 nitrogen and oxygen atoms in total. The number of piperidine rings is 1. The molecule has 1 atom stereocenters. The highest BCUT2D eigenvalue weighted by molar-refractivity contribution is 6.05. The Morgan fingerprint density at radius 1 is 1.12 bits per heavy atom. The Hall–Kier alpha value is -3.01. The van der Waals surface area contributed by atoms with Gasteiger partial charge in [-0.1, -0.05) is 0 Å². The van der Waals surface area contributed by atoms with Crippen LogP contribution in [0.1, 0.15) is 48.0 Å². The molecule has 1 aromatic rings. The smallest absolute Gasteiger partial charge is 0.255 e. The summed E-state index contributed by atoms with van der Waals surface area (Å²) < 4.78 is 15.0. The predicted octanol–water partition coefficient (Wildman–Crippen LogP) is 0.117. The standard InChI is InChI=1S/C22H26FN5O4/c23-15-11-14-13(12-28(20(14)31)16-2-3-18(29)25-19(16)30)10-17(15)26-6-8-27(9-7-26)21(32)22(24)4-1-5-22/h10-11,16H,1-9,12,24H2,(H,25,29,30). The van der Waals surface area contributed by atoms with Crippen molar-refractivity contribution in [3.8, 4) is 0 Å². The molecule has 3 N–H and O–H groups in total. The van der Waals surface area contributed by atoms with Crippen molar-refractivity contribution in [2.24, 2.45) is 5.73 Å². The van der Waals surface area contributed by atoms with Crippen LogP contribution in [0.5, 0.6) is 0 Å². The van der Waals surface area contributed by atoms with Crippen molar-refractivity contribution < 1.29 is 23.6 Å². The fourth-order valence-electron chi connectivity index (χ4n) is 5.06. The number of anilines is 1. The van der Waals surface area contributed by atoms with E-state index in [2.05, 4.69) is 5.32 Å². The summed E-state index contributed by atoms with van der Waals surface area (Å²) in [6, 6.07) is 2.17. The fraction of sp³-hybridized carbons (Fsp3) is 0.545. The summed E-state index contributed by atoms with van der Waals surface area (Å²) in [5.74, 6) is -1.77. The minimum Gasteiger partial charge on any atom is -0.366 e. The minimum absolute atomic E-state index is 0.0247. The lowest BCUT2D eigenvalue weighted by Gasteiger charge is -2.43. The van der Waals surface area contributed by atoms with E-state index in [-0.39, 0.29) is 36.8 Å².